The van der Waals surface area contributed by atoms with Crippen LogP contribution in [0.5, 0.6) is 11.5 Å². The van der Waals surface area contributed by atoms with Crippen LogP contribution in [-0.2, 0) is 9.47 Å². The lowest BCUT2D eigenvalue weighted by molar-refractivity contribution is 0.0283. The first kappa shape index (κ1) is 38.0. The van der Waals surface area contributed by atoms with Gasteiger partial charge in [-0.25, -0.2) is 0 Å². The number of nitrogens with zero attached hydrogens (tertiary/aromatic N) is 2. The van der Waals surface area contributed by atoms with E-state index in [0.717, 1.165) is 126 Å². The minimum Gasteiger partial charge on any atom is -0.494 e. The topological polar surface area (TPSA) is 77.5 Å². The lowest BCUT2D eigenvalue weighted by atomic mass is 9.88. The average Bonchev–Trinajstić information content (AvgIpc) is 3.13. The van der Waals surface area contributed by atoms with Gasteiger partial charge in [0.05, 0.1) is 39.6 Å². The smallest absolute Gasteiger partial charge is 0.167 e. The molecule has 0 aliphatic carbocycles. The van der Waals surface area contributed by atoms with E-state index in [-0.39, 0.29) is 23.4 Å². The van der Waals surface area contributed by atoms with Crippen molar-refractivity contribution in [2.75, 3.05) is 78.9 Å². The van der Waals surface area contributed by atoms with Crippen LogP contribution in [0.25, 0.3) is 0 Å². The molecule has 0 aromatic heterocycles. The van der Waals surface area contributed by atoms with Gasteiger partial charge in [-0.05, 0) is 74.2 Å². The normalized spacial score (nSPS) is 17.1. The molecule has 2 heterocycles. The van der Waals surface area contributed by atoms with Crippen molar-refractivity contribution in [1.82, 2.24) is 9.80 Å². The van der Waals surface area contributed by atoms with Crippen LogP contribution in [0.15, 0.2) is 48.5 Å². The van der Waals surface area contributed by atoms with E-state index in [1.165, 1.54) is 0 Å². The third kappa shape index (κ3) is 13.3. The molecule has 2 fully saturated rings. The monoisotopic (exact) mass is 664 g/mol. The number of hydrogen-bond donors (Lipinski definition) is 0. The van der Waals surface area contributed by atoms with Crippen molar-refractivity contribution in [2.24, 2.45) is 11.8 Å². The fraction of sp³-hybridized carbons (Fsp3) is 0.650. The van der Waals surface area contributed by atoms with Gasteiger partial charge in [0, 0.05) is 62.2 Å². The SMILES string of the molecule is CCCCCOc1ccc(C(=O)C(CCCCC(CN2CCOCC2)C(=O)c2ccc(OCCCCC)cc2)CN2CCOCC2)cc1. The quantitative estimate of drug-likeness (QED) is 0.0902. The fourth-order valence-corrected chi connectivity index (χ4v) is 6.57. The molecule has 2 aliphatic rings. The van der Waals surface area contributed by atoms with E-state index < -0.39 is 0 Å². The van der Waals surface area contributed by atoms with Gasteiger partial charge in [0.1, 0.15) is 11.5 Å². The molecule has 8 nitrogen and oxygen atoms in total. The number of ether oxygens (including phenoxy) is 4. The highest BCUT2D eigenvalue weighted by Crippen LogP contribution is 2.24. The van der Waals surface area contributed by atoms with Gasteiger partial charge in [-0.1, -0.05) is 52.4 Å². The van der Waals surface area contributed by atoms with Crippen LogP contribution in [0.2, 0.25) is 0 Å². The molecular formula is C40H60N2O6. The molecule has 8 heteroatoms. The summed E-state index contributed by atoms with van der Waals surface area (Å²) in [6.45, 7) is 13.5. The molecule has 0 amide bonds. The second kappa shape index (κ2) is 22.0. The van der Waals surface area contributed by atoms with Gasteiger partial charge in [0.15, 0.2) is 11.6 Å². The van der Waals surface area contributed by atoms with E-state index in [2.05, 4.69) is 23.6 Å². The third-order valence-electron chi connectivity index (χ3n) is 9.57. The molecule has 0 radical (unpaired) electrons. The Morgan fingerprint density at radius 3 is 1.31 bits per heavy atom. The van der Waals surface area contributed by atoms with Crippen LogP contribution >= 0.6 is 0 Å². The van der Waals surface area contributed by atoms with E-state index in [1.807, 2.05) is 48.5 Å². The number of rotatable bonds is 23. The maximum atomic E-state index is 13.9. The van der Waals surface area contributed by atoms with Gasteiger partial charge < -0.3 is 18.9 Å². The predicted molar refractivity (Wildman–Crippen MR) is 192 cm³/mol. The summed E-state index contributed by atoms with van der Waals surface area (Å²) in [7, 11) is 0. The molecule has 2 unspecified atom stereocenters. The summed E-state index contributed by atoms with van der Waals surface area (Å²) in [6, 6.07) is 15.4. The summed E-state index contributed by atoms with van der Waals surface area (Å²) >= 11 is 0. The lowest BCUT2D eigenvalue weighted by Crippen LogP contribution is -2.41. The van der Waals surface area contributed by atoms with Gasteiger partial charge in [0.2, 0.25) is 0 Å². The molecule has 4 rings (SSSR count). The standard InChI is InChI=1S/C40H60N2O6/c1-3-5-9-25-47-37-17-13-33(14-18-37)39(43)35(31-41-21-27-45-28-22-41)11-7-8-12-36(32-42-23-29-46-30-24-42)40(44)34-15-19-38(20-16-34)48-26-10-6-4-2/h13-20,35-36H,3-12,21-32H2,1-2H3. The molecule has 2 aliphatic heterocycles. The Balaban J connectivity index is 1.35. The van der Waals surface area contributed by atoms with Gasteiger partial charge in [-0.3, -0.25) is 19.4 Å². The van der Waals surface area contributed by atoms with Crippen LogP contribution < -0.4 is 9.47 Å². The molecule has 2 aromatic rings. The zero-order valence-corrected chi connectivity index (χ0v) is 29.7. The molecule has 266 valence electrons. The van der Waals surface area contributed by atoms with E-state index in [4.69, 9.17) is 18.9 Å². The Kier molecular flexibility index (Phi) is 17.5. The van der Waals surface area contributed by atoms with Crippen molar-refractivity contribution in [3.63, 3.8) is 0 Å². The molecule has 0 spiro atoms. The second-order valence-electron chi connectivity index (χ2n) is 13.4. The molecule has 2 atom stereocenters. The third-order valence-corrected chi connectivity index (χ3v) is 9.57. The highest BCUT2D eigenvalue weighted by Gasteiger charge is 2.26. The average molecular weight is 665 g/mol. The number of unbranched alkanes of at least 4 members (excludes halogenated alkanes) is 5. The van der Waals surface area contributed by atoms with Crippen LogP contribution in [-0.4, -0.2) is 100 Å². The Bertz CT molecular complexity index is 1080. The minimum absolute atomic E-state index is 0.0994. The van der Waals surface area contributed by atoms with Crippen molar-refractivity contribution in [3.05, 3.63) is 59.7 Å². The number of carbonyl (C=O) groups excluding carboxylic acids is 2. The van der Waals surface area contributed by atoms with E-state index in [0.29, 0.717) is 39.6 Å². The maximum Gasteiger partial charge on any atom is 0.167 e. The van der Waals surface area contributed by atoms with E-state index in [9.17, 15) is 9.59 Å². The molecule has 0 N–H and O–H groups in total. The summed E-state index contributed by atoms with van der Waals surface area (Å²) in [4.78, 5) is 32.4. The summed E-state index contributed by atoms with van der Waals surface area (Å²) < 4.78 is 22.9. The molecule has 48 heavy (non-hydrogen) atoms. The van der Waals surface area contributed by atoms with Crippen LogP contribution in [0, 0.1) is 11.8 Å². The van der Waals surface area contributed by atoms with Crippen LogP contribution in [0.1, 0.15) is 98.8 Å². The minimum atomic E-state index is -0.0994. The number of Topliss-reactive ketones (excluding diaryl/α,β-unsaturated/α-hetero) is 2. The van der Waals surface area contributed by atoms with Gasteiger partial charge >= 0.3 is 0 Å². The Morgan fingerprint density at radius 2 is 0.958 bits per heavy atom. The summed E-state index contributed by atoms with van der Waals surface area (Å²) in [5.74, 6) is 1.82. The molecule has 0 saturated carbocycles. The second-order valence-corrected chi connectivity index (χ2v) is 13.4. The largest absolute Gasteiger partial charge is 0.494 e. The zero-order chi connectivity index (χ0) is 33.8. The Labute approximate surface area is 289 Å². The summed E-state index contributed by atoms with van der Waals surface area (Å²) in [5.41, 5.74) is 1.49. The fourth-order valence-electron chi connectivity index (χ4n) is 6.57. The number of carbonyl (C=O) groups is 2. The maximum absolute atomic E-state index is 13.9. The van der Waals surface area contributed by atoms with E-state index in [1.54, 1.807) is 0 Å². The van der Waals surface area contributed by atoms with Crippen molar-refractivity contribution < 1.29 is 28.5 Å². The lowest BCUT2D eigenvalue weighted by Gasteiger charge is -2.31. The van der Waals surface area contributed by atoms with Crippen molar-refractivity contribution in [1.29, 1.82) is 0 Å². The van der Waals surface area contributed by atoms with Gasteiger partial charge in [-0.2, -0.15) is 0 Å². The zero-order valence-electron chi connectivity index (χ0n) is 29.7. The summed E-state index contributed by atoms with van der Waals surface area (Å²) in [5, 5.41) is 0. The Morgan fingerprint density at radius 1 is 0.583 bits per heavy atom. The molecule has 0 bridgehead atoms. The number of ketones is 2. The van der Waals surface area contributed by atoms with Crippen molar-refractivity contribution >= 4 is 11.6 Å². The first-order valence-electron chi connectivity index (χ1n) is 18.7. The predicted octanol–water partition coefficient (Wildman–Crippen LogP) is 7.35. The van der Waals surface area contributed by atoms with Gasteiger partial charge in [-0.15, -0.1) is 0 Å². The number of morpholine rings is 2. The number of benzene rings is 2. The molecular weight excluding hydrogens is 604 g/mol. The molecule has 2 aromatic carbocycles. The Hall–Kier alpha value is -2.78. The van der Waals surface area contributed by atoms with Gasteiger partial charge in [0.25, 0.3) is 0 Å². The van der Waals surface area contributed by atoms with E-state index >= 15 is 0 Å². The molecule has 2 saturated heterocycles. The first-order chi connectivity index (χ1) is 23.6. The van der Waals surface area contributed by atoms with Crippen molar-refractivity contribution in [2.45, 2.75) is 78.1 Å². The van der Waals surface area contributed by atoms with Crippen LogP contribution in [0.4, 0.5) is 0 Å². The highest BCUT2D eigenvalue weighted by molar-refractivity contribution is 5.98. The van der Waals surface area contributed by atoms with Crippen molar-refractivity contribution in [3.8, 4) is 11.5 Å². The highest BCUT2D eigenvalue weighted by atomic mass is 16.5. The number of hydrogen-bond acceptors (Lipinski definition) is 8. The summed E-state index contributed by atoms with van der Waals surface area (Å²) in [6.07, 6.45) is 10.1. The first-order valence-corrected chi connectivity index (χ1v) is 18.7. The van der Waals surface area contributed by atoms with Crippen LogP contribution in [0.3, 0.4) is 0 Å².